The van der Waals surface area contributed by atoms with Crippen LogP contribution >= 0.6 is 27.7 Å². The van der Waals surface area contributed by atoms with Crippen molar-refractivity contribution >= 4 is 27.7 Å². The lowest BCUT2D eigenvalue weighted by Gasteiger charge is -2.12. The fourth-order valence-corrected chi connectivity index (χ4v) is 2.73. The van der Waals surface area contributed by atoms with Crippen molar-refractivity contribution in [2.45, 2.75) is 30.8 Å². The van der Waals surface area contributed by atoms with Gasteiger partial charge in [-0.3, -0.25) is 0 Å². The molecule has 0 saturated carbocycles. The van der Waals surface area contributed by atoms with Gasteiger partial charge >= 0.3 is 0 Å². The van der Waals surface area contributed by atoms with Crippen LogP contribution in [0.2, 0.25) is 0 Å². The standard InChI is InChI=1S/C11H14BrFS/c1-11(2,13)6-7-14-10-5-3-4-9(12)8-10/h3-5,8H,6-7H2,1-2H3. The first-order valence-corrected chi connectivity index (χ1v) is 6.32. The van der Waals surface area contributed by atoms with Crippen LogP contribution in [0.3, 0.4) is 0 Å². The van der Waals surface area contributed by atoms with Gasteiger partial charge in [-0.05, 0) is 38.5 Å². The summed E-state index contributed by atoms with van der Waals surface area (Å²) >= 11 is 5.10. The van der Waals surface area contributed by atoms with Gasteiger partial charge in [0.15, 0.2) is 0 Å². The van der Waals surface area contributed by atoms with Gasteiger partial charge in [0.1, 0.15) is 5.67 Å². The van der Waals surface area contributed by atoms with Crippen LogP contribution in [0.15, 0.2) is 33.6 Å². The van der Waals surface area contributed by atoms with Crippen molar-refractivity contribution in [3.8, 4) is 0 Å². The van der Waals surface area contributed by atoms with Gasteiger partial charge in [-0.25, -0.2) is 4.39 Å². The highest BCUT2D eigenvalue weighted by Crippen LogP contribution is 2.25. The molecule has 0 N–H and O–H groups in total. The Balaban J connectivity index is 2.39. The lowest BCUT2D eigenvalue weighted by atomic mass is 10.1. The number of rotatable bonds is 4. The van der Waals surface area contributed by atoms with E-state index in [9.17, 15) is 4.39 Å². The SMILES string of the molecule is CC(C)(F)CCSc1cccc(Br)c1. The largest absolute Gasteiger partial charge is 0.244 e. The molecule has 0 spiro atoms. The lowest BCUT2D eigenvalue weighted by molar-refractivity contribution is 0.212. The molecule has 0 heterocycles. The Morgan fingerprint density at radius 2 is 2.14 bits per heavy atom. The van der Waals surface area contributed by atoms with E-state index in [1.807, 2.05) is 18.2 Å². The van der Waals surface area contributed by atoms with E-state index in [0.29, 0.717) is 6.42 Å². The minimum absolute atomic E-state index is 0.587. The van der Waals surface area contributed by atoms with Gasteiger partial charge in [0.25, 0.3) is 0 Å². The predicted molar refractivity (Wildman–Crippen MR) is 64.7 cm³/mol. The molecule has 0 aliphatic rings. The molecule has 0 aliphatic carbocycles. The fraction of sp³-hybridized carbons (Fsp3) is 0.455. The fourth-order valence-electron chi connectivity index (χ4n) is 0.968. The van der Waals surface area contributed by atoms with Crippen molar-refractivity contribution in [2.24, 2.45) is 0 Å². The molecule has 0 aromatic heterocycles. The average Bonchev–Trinajstić information content (AvgIpc) is 2.01. The molecule has 0 fully saturated rings. The average molecular weight is 277 g/mol. The molecule has 0 aliphatic heterocycles. The molecular formula is C11H14BrFS. The zero-order valence-electron chi connectivity index (χ0n) is 8.39. The van der Waals surface area contributed by atoms with E-state index in [1.54, 1.807) is 25.6 Å². The van der Waals surface area contributed by atoms with E-state index in [4.69, 9.17) is 0 Å². The zero-order chi connectivity index (χ0) is 10.6. The highest BCUT2D eigenvalue weighted by Gasteiger charge is 2.14. The Morgan fingerprint density at radius 1 is 1.43 bits per heavy atom. The van der Waals surface area contributed by atoms with Crippen molar-refractivity contribution in [1.82, 2.24) is 0 Å². The summed E-state index contributed by atoms with van der Waals surface area (Å²) in [5.41, 5.74) is -1.06. The summed E-state index contributed by atoms with van der Waals surface area (Å²) < 4.78 is 14.2. The van der Waals surface area contributed by atoms with E-state index < -0.39 is 5.67 Å². The number of thioether (sulfide) groups is 1. The topological polar surface area (TPSA) is 0 Å². The smallest absolute Gasteiger partial charge is 0.106 e. The maximum absolute atomic E-state index is 13.1. The van der Waals surface area contributed by atoms with Crippen LogP contribution in [0.5, 0.6) is 0 Å². The summed E-state index contributed by atoms with van der Waals surface area (Å²) in [6.45, 7) is 3.24. The number of halogens is 2. The molecule has 0 bridgehead atoms. The Kier molecular flexibility index (Phi) is 4.45. The number of benzene rings is 1. The number of hydrogen-bond acceptors (Lipinski definition) is 1. The molecule has 14 heavy (non-hydrogen) atoms. The highest BCUT2D eigenvalue weighted by atomic mass is 79.9. The van der Waals surface area contributed by atoms with Crippen LogP contribution in [-0.2, 0) is 0 Å². The second-order valence-corrected chi connectivity index (χ2v) is 5.86. The first kappa shape index (κ1) is 12.1. The second kappa shape index (κ2) is 5.17. The van der Waals surface area contributed by atoms with Crippen LogP contribution in [0.25, 0.3) is 0 Å². The second-order valence-electron chi connectivity index (χ2n) is 3.77. The van der Waals surface area contributed by atoms with Gasteiger partial charge in [-0.2, -0.15) is 0 Å². The highest BCUT2D eigenvalue weighted by molar-refractivity contribution is 9.10. The zero-order valence-corrected chi connectivity index (χ0v) is 10.8. The molecule has 1 aromatic carbocycles. The summed E-state index contributed by atoms with van der Waals surface area (Å²) in [6.07, 6.45) is 0.587. The third-order valence-corrected chi connectivity index (χ3v) is 3.25. The lowest BCUT2D eigenvalue weighted by Crippen LogP contribution is -2.12. The summed E-state index contributed by atoms with van der Waals surface area (Å²) in [5, 5.41) is 0. The number of hydrogen-bond donors (Lipinski definition) is 0. The van der Waals surface area contributed by atoms with Gasteiger partial charge in [0.2, 0.25) is 0 Å². The Morgan fingerprint density at radius 3 is 2.71 bits per heavy atom. The maximum atomic E-state index is 13.1. The van der Waals surface area contributed by atoms with Crippen molar-refractivity contribution in [2.75, 3.05) is 5.75 Å². The van der Waals surface area contributed by atoms with Crippen molar-refractivity contribution < 1.29 is 4.39 Å². The Labute approximate surface area is 97.4 Å². The molecule has 0 radical (unpaired) electrons. The normalized spacial score (nSPS) is 11.7. The Hall–Kier alpha value is -0.0200. The molecule has 1 aromatic rings. The summed E-state index contributed by atoms with van der Waals surface area (Å²) in [7, 11) is 0. The van der Waals surface area contributed by atoms with Crippen LogP contribution in [0.4, 0.5) is 4.39 Å². The molecule has 0 amide bonds. The Bertz CT molecular complexity index is 294. The van der Waals surface area contributed by atoms with Crippen LogP contribution in [0.1, 0.15) is 20.3 Å². The third-order valence-electron chi connectivity index (χ3n) is 1.76. The summed E-state index contributed by atoms with van der Waals surface area (Å²) in [6, 6.07) is 8.08. The molecule has 1 rings (SSSR count). The van der Waals surface area contributed by atoms with Gasteiger partial charge in [0.05, 0.1) is 0 Å². The molecule has 0 atom stereocenters. The molecule has 0 unspecified atom stereocenters. The van der Waals surface area contributed by atoms with Gasteiger partial charge < -0.3 is 0 Å². The third kappa shape index (κ3) is 5.01. The van der Waals surface area contributed by atoms with Crippen LogP contribution < -0.4 is 0 Å². The van der Waals surface area contributed by atoms with E-state index >= 15 is 0 Å². The predicted octanol–water partition coefficient (Wildman–Crippen LogP) is 4.68. The van der Waals surface area contributed by atoms with Crippen molar-refractivity contribution in [1.29, 1.82) is 0 Å². The first-order chi connectivity index (χ1) is 6.47. The molecule has 0 saturated heterocycles. The van der Waals surface area contributed by atoms with E-state index in [-0.39, 0.29) is 0 Å². The van der Waals surface area contributed by atoms with Gasteiger partial charge in [-0.1, -0.05) is 22.0 Å². The minimum atomic E-state index is -1.06. The molecule has 3 heteroatoms. The van der Waals surface area contributed by atoms with E-state index in [0.717, 1.165) is 10.2 Å². The molecule has 78 valence electrons. The molecule has 0 nitrogen and oxygen atoms in total. The monoisotopic (exact) mass is 276 g/mol. The number of alkyl halides is 1. The molecular weight excluding hydrogens is 263 g/mol. The summed E-state index contributed by atoms with van der Waals surface area (Å²) in [5.74, 6) is 0.819. The van der Waals surface area contributed by atoms with Crippen molar-refractivity contribution in [3.05, 3.63) is 28.7 Å². The van der Waals surface area contributed by atoms with E-state index in [2.05, 4.69) is 22.0 Å². The quantitative estimate of drug-likeness (QED) is 0.720. The first-order valence-electron chi connectivity index (χ1n) is 4.55. The van der Waals surface area contributed by atoms with Gasteiger partial charge in [-0.15, -0.1) is 11.8 Å². The van der Waals surface area contributed by atoms with Gasteiger partial charge in [0, 0.05) is 15.1 Å². The van der Waals surface area contributed by atoms with Crippen LogP contribution in [0, 0.1) is 0 Å². The van der Waals surface area contributed by atoms with Crippen LogP contribution in [-0.4, -0.2) is 11.4 Å². The van der Waals surface area contributed by atoms with Crippen molar-refractivity contribution in [3.63, 3.8) is 0 Å². The minimum Gasteiger partial charge on any atom is -0.244 e. The van der Waals surface area contributed by atoms with E-state index in [1.165, 1.54) is 4.90 Å². The summed E-state index contributed by atoms with van der Waals surface area (Å²) in [4.78, 5) is 1.18. The maximum Gasteiger partial charge on any atom is 0.106 e.